The average molecular weight is 473 g/mol. The van der Waals surface area contributed by atoms with Crippen molar-refractivity contribution in [2.45, 2.75) is 24.2 Å². The Morgan fingerprint density at radius 2 is 1.94 bits per heavy atom. The number of hydrogen-bond acceptors (Lipinski definition) is 8. The number of hydrogen-bond donors (Lipinski definition) is 1. The molecular weight excluding hydrogens is 448 g/mol. The number of anilines is 1. The molecule has 2 aromatic carbocycles. The van der Waals surface area contributed by atoms with Gasteiger partial charge < -0.3 is 14.8 Å². The maximum Gasteiger partial charge on any atom is 0.262 e. The topological polar surface area (TPSA) is 129 Å². The molecule has 1 saturated heterocycles. The Labute approximate surface area is 191 Å². The van der Waals surface area contributed by atoms with Gasteiger partial charge in [-0.25, -0.2) is 13.1 Å². The maximum atomic E-state index is 13.1. The summed E-state index contributed by atoms with van der Waals surface area (Å²) in [5.74, 6) is 0.254. The third-order valence-electron chi connectivity index (χ3n) is 5.18. The molecule has 2 heterocycles. The molecule has 0 saturated carbocycles. The van der Waals surface area contributed by atoms with Crippen molar-refractivity contribution in [2.75, 3.05) is 32.1 Å². The summed E-state index contributed by atoms with van der Waals surface area (Å²) in [4.78, 5) is 12.5. The van der Waals surface area contributed by atoms with Crippen molar-refractivity contribution in [2.24, 2.45) is 0 Å². The number of nitrogens with one attached hydrogen (secondary N) is 1. The monoisotopic (exact) mass is 472 g/mol. The second-order valence-corrected chi connectivity index (χ2v) is 9.33. The summed E-state index contributed by atoms with van der Waals surface area (Å²) >= 11 is 0. The molecule has 1 amide bonds. The molecule has 33 heavy (non-hydrogen) atoms. The maximum absolute atomic E-state index is 13.1. The summed E-state index contributed by atoms with van der Waals surface area (Å²) in [5.41, 5.74) is 1.02. The lowest BCUT2D eigenvalue weighted by Crippen LogP contribution is -2.35. The third-order valence-corrected chi connectivity index (χ3v) is 7.10. The van der Waals surface area contributed by atoms with Gasteiger partial charge in [0.15, 0.2) is 6.61 Å². The highest BCUT2D eigenvalue weighted by Gasteiger charge is 2.29. The van der Waals surface area contributed by atoms with E-state index in [1.807, 2.05) is 0 Å². The fraction of sp³-hybridized carbons (Fsp3) is 0.333. The van der Waals surface area contributed by atoms with Crippen LogP contribution in [0.1, 0.15) is 19.3 Å². The molecule has 0 unspecified atom stereocenters. The lowest BCUT2D eigenvalue weighted by molar-refractivity contribution is -0.118. The van der Waals surface area contributed by atoms with E-state index in [0.29, 0.717) is 30.2 Å². The average Bonchev–Trinajstić information content (AvgIpc) is 3.39. The number of nitrogens with zero attached hydrogens (tertiary/aromatic N) is 5. The van der Waals surface area contributed by atoms with Gasteiger partial charge in [0.25, 0.3) is 5.91 Å². The zero-order valence-electron chi connectivity index (χ0n) is 18.0. The fourth-order valence-electron chi connectivity index (χ4n) is 3.54. The van der Waals surface area contributed by atoms with Crippen molar-refractivity contribution >= 4 is 21.6 Å². The quantitative estimate of drug-likeness (QED) is 0.526. The van der Waals surface area contributed by atoms with Crippen LogP contribution < -0.4 is 14.8 Å². The molecule has 1 fully saturated rings. The number of benzene rings is 2. The molecule has 0 aliphatic carbocycles. The molecule has 0 radical (unpaired) electrons. The highest BCUT2D eigenvalue weighted by Crippen LogP contribution is 2.31. The van der Waals surface area contributed by atoms with Crippen LogP contribution in [0.5, 0.6) is 11.5 Å². The molecule has 4 rings (SSSR count). The van der Waals surface area contributed by atoms with Crippen LogP contribution in [0.4, 0.5) is 5.69 Å². The summed E-state index contributed by atoms with van der Waals surface area (Å²) in [6, 6.07) is 11.5. The van der Waals surface area contributed by atoms with E-state index in [1.54, 1.807) is 30.3 Å². The zero-order valence-corrected chi connectivity index (χ0v) is 18.9. The molecule has 0 bridgehead atoms. The summed E-state index contributed by atoms with van der Waals surface area (Å²) in [7, 11) is -2.32. The van der Waals surface area contributed by atoms with E-state index in [-0.39, 0.29) is 17.3 Å². The van der Waals surface area contributed by atoms with E-state index >= 15 is 0 Å². The number of rotatable bonds is 8. The third kappa shape index (κ3) is 5.29. The van der Waals surface area contributed by atoms with Gasteiger partial charge in [-0.1, -0.05) is 12.5 Å². The SMILES string of the molecule is COc1ccc(NC(=O)COc2cccc(-n3cnnn3)c2)cc1S(=O)(=O)N1CCCCC1. The molecule has 1 aliphatic heterocycles. The smallest absolute Gasteiger partial charge is 0.262 e. The van der Waals surface area contributed by atoms with Gasteiger partial charge in [0, 0.05) is 24.8 Å². The largest absolute Gasteiger partial charge is 0.495 e. The van der Waals surface area contributed by atoms with Gasteiger partial charge in [0.1, 0.15) is 22.7 Å². The number of amides is 1. The molecule has 1 aliphatic rings. The second-order valence-electron chi connectivity index (χ2n) is 7.42. The number of carbonyl (C=O) groups excluding carboxylic acids is 1. The van der Waals surface area contributed by atoms with Crippen LogP contribution in [0.3, 0.4) is 0 Å². The van der Waals surface area contributed by atoms with Crippen molar-refractivity contribution in [3.05, 3.63) is 48.8 Å². The first-order valence-electron chi connectivity index (χ1n) is 10.4. The van der Waals surface area contributed by atoms with E-state index in [4.69, 9.17) is 9.47 Å². The van der Waals surface area contributed by atoms with E-state index in [0.717, 1.165) is 19.3 Å². The van der Waals surface area contributed by atoms with Gasteiger partial charge in [-0.05, 0) is 53.6 Å². The molecule has 3 aromatic rings. The Hall–Kier alpha value is -3.51. The van der Waals surface area contributed by atoms with Crippen molar-refractivity contribution in [1.29, 1.82) is 0 Å². The molecular formula is C21H24N6O5S. The van der Waals surface area contributed by atoms with Gasteiger partial charge in [0.05, 0.1) is 12.8 Å². The first-order chi connectivity index (χ1) is 16.0. The highest BCUT2D eigenvalue weighted by atomic mass is 32.2. The zero-order chi connectivity index (χ0) is 23.3. The summed E-state index contributed by atoms with van der Waals surface area (Å²) in [6.07, 6.45) is 4.11. The second kappa shape index (κ2) is 9.96. The summed E-state index contributed by atoms with van der Waals surface area (Å²) < 4.78 is 40.0. The van der Waals surface area contributed by atoms with Gasteiger partial charge in [0.2, 0.25) is 10.0 Å². The van der Waals surface area contributed by atoms with E-state index < -0.39 is 15.9 Å². The normalized spacial score (nSPS) is 14.6. The molecule has 0 spiro atoms. The van der Waals surface area contributed by atoms with Gasteiger partial charge in [-0.15, -0.1) is 5.10 Å². The number of sulfonamides is 1. The molecule has 174 valence electrons. The van der Waals surface area contributed by atoms with Crippen LogP contribution in [-0.4, -0.2) is 65.6 Å². The van der Waals surface area contributed by atoms with Crippen molar-refractivity contribution < 1.29 is 22.7 Å². The Kier molecular flexibility index (Phi) is 6.84. The van der Waals surface area contributed by atoms with Gasteiger partial charge in [-0.3, -0.25) is 4.79 Å². The van der Waals surface area contributed by atoms with Crippen molar-refractivity contribution in [1.82, 2.24) is 24.5 Å². The predicted molar refractivity (Wildman–Crippen MR) is 119 cm³/mol. The standard InChI is InChI=1S/C21H24N6O5S/c1-31-19-9-8-16(12-20(19)33(29,30)26-10-3-2-4-11-26)23-21(28)14-32-18-7-5-6-17(13-18)27-15-22-24-25-27/h5-9,12-13,15H,2-4,10-11,14H2,1H3,(H,23,28). The number of tetrazole rings is 1. The Morgan fingerprint density at radius 3 is 2.67 bits per heavy atom. The highest BCUT2D eigenvalue weighted by molar-refractivity contribution is 7.89. The number of ether oxygens (including phenoxy) is 2. The van der Waals surface area contributed by atoms with Crippen molar-refractivity contribution in [3.8, 4) is 17.2 Å². The predicted octanol–water partition coefficient (Wildman–Crippen LogP) is 1.86. The Bertz CT molecular complexity index is 1210. The number of piperidine rings is 1. The first-order valence-corrected chi connectivity index (χ1v) is 11.9. The molecule has 1 aromatic heterocycles. The number of carbonyl (C=O) groups is 1. The molecule has 1 N–H and O–H groups in total. The van der Waals surface area contributed by atoms with Crippen LogP contribution >= 0.6 is 0 Å². The Balaban J connectivity index is 1.44. The first kappa shape index (κ1) is 22.7. The molecule has 11 nitrogen and oxygen atoms in total. The van der Waals surface area contributed by atoms with E-state index in [2.05, 4.69) is 20.8 Å². The summed E-state index contributed by atoms with van der Waals surface area (Å²) in [6.45, 7) is 0.679. The minimum atomic E-state index is -3.74. The fourth-order valence-corrected chi connectivity index (χ4v) is 5.24. The minimum absolute atomic E-state index is 0.0276. The lowest BCUT2D eigenvalue weighted by atomic mass is 10.2. The van der Waals surface area contributed by atoms with Crippen LogP contribution in [0, 0.1) is 0 Å². The lowest BCUT2D eigenvalue weighted by Gasteiger charge is -2.26. The van der Waals surface area contributed by atoms with Crippen molar-refractivity contribution in [3.63, 3.8) is 0 Å². The number of aromatic nitrogens is 4. The van der Waals surface area contributed by atoms with E-state index in [9.17, 15) is 13.2 Å². The van der Waals surface area contributed by atoms with Crippen LogP contribution in [0.2, 0.25) is 0 Å². The Morgan fingerprint density at radius 1 is 1.12 bits per heavy atom. The molecule has 0 atom stereocenters. The van der Waals surface area contributed by atoms with Crippen LogP contribution in [0.15, 0.2) is 53.7 Å². The molecule has 12 heteroatoms. The van der Waals surface area contributed by atoms with Gasteiger partial charge >= 0.3 is 0 Å². The van der Waals surface area contributed by atoms with Gasteiger partial charge in [-0.2, -0.15) is 4.31 Å². The number of methoxy groups -OCH3 is 1. The van der Waals surface area contributed by atoms with Crippen LogP contribution in [-0.2, 0) is 14.8 Å². The minimum Gasteiger partial charge on any atom is -0.495 e. The summed E-state index contributed by atoms with van der Waals surface area (Å²) in [5, 5.41) is 13.7. The van der Waals surface area contributed by atoms with E-state index in [1.165, 1.54) is 34.6 Å². The van der Waals surface area contributed by atoms with Crippen LogP contribution in [0.25, 0.3) is 5.69 Å².